The molecule has 0 aromatic heterocycles. The molecule has 0 saturated carbocycles. The number of hydrogen-bond acceptors (Lipinski definition) is 2. The van der Waals surface area contributed by atoms with Crippen LogP contribution in [0.4, 0.5) is 0 Å². The summed E-state index contributed by atoms with van der Waals surface area (Å²) in [5.41, 5.74) is 2.15. The fraction of sp³-hybridized carbons (Fsp3) is 0.438. The van der Waals surface area contributed by atoms with Crippen molar-refractivity contribution in [2.24, 2.45) is 4.99 Å². The summed E-state index contributed by atoms with van der Waals surface area (Å²) in [6, 6.07) is 0.143. The smallest absolute Gasteiger partial charge is 0.0870 e. The summed E-state index contributed by atoms with van der Waals surface area (Å²) in [4.78, 5) is 4.27. The van der Waals surface area contributed by atoms with Crippen LogP contribution >= 0.6 is 11.6 Å². The molecule has 0 aromatic carbocycles. The predicted octanol–water partition coefficient (Wildman–Crippen LogP) is 5.20. The zero-order chi connectivity index (χ0) is 15.3. The molecular weight excluding hydrogens is 256 g/mol. The molecule has 1 aliphatic rings. The van der Waals surface area contributed by atoms with E-state index in [1.165, 1.54) is 0 Å². The highest BCUT2D eigenvalue weighted by molar-refractivity contribution is 6.29. The van der Waals surface area contributed by atoms with Gasteiger partial charge in [0.05, 0.1) is 12.4 Å². The van der Waals surface area contributed by atoms with Crippen LogP contribution in [0, 0.1) is 0 Å². The first-order chi connectivity index (χ1) is 9.15. The van der Waals surface area contributed by atoms with Gasteiger partial charge in [-0.2, -0.15) is 0 Å². The Balaban J connectivity index is 0. The van der Waals surface area contributed by atoms with Crippen molar-refractivity contribution in [2.45, 2.75) is 47.6 Å². The molecule has 108 valence electrons. The molecule has 1 aliphatic heterocycles. The number of allylic oxidation sites excluding steroid dienone is 4. The van der Waals surface area contributed by atoms with Gasteiger partial charge in [0.1, 0.15) is 0 Å². The number of nitrogens with zero attached hydrogens (tertiary/aromatic N) is 1. The van der Waals surface area contributed by atoms with Gasteiger partial charge in [0.25, 0.3) is 0 Å². The number of hydrogen-bond donors (Lipinski definition) is 1. The van der Waals surface area contributed by atoms with Crippen molar-refractivity contribution >= 4 is 17.9 Å². The van der Waals surface area contributed by atoms with E-state index in [0.717, 1.165) is 16.2 Å². The highest BCUT2D eigenvalue weighted by Crippen LogP contribution is 2.21. The molecule has 0 aliphatic carbocycles. The maximum absolute atomic E-state index is 5.88. The fourth-order valence-electron chi connectivity index (χ4n) is 1.38. The van der Waals surface area contributed by atoms with Gasteiger partial charge in [-0.25, -0.2) is 0 Å². The first kappa shape index (κ1) is 20.0. The van der Waals surface area contributed by atoms with Crippen molar-refractivity contribution in [2.75, 3.05) is 0 Å². The zero-order valence-corrected chi connectivity index (χ0v) is 13.8. The minimum Gasteiger partial charge on any atom is -0.353 e. The molecule has 1 unspecified atom stereocenters. The van der Waals surface area contributed by atoms with Crippen LogP contribution in [0.25, 0.3) is 0 Å². The first-order valence-electron chi connectivity index (χ1n) is 6.80. The second-order valence-corrected chi connectivity index (χ2v) is 3.91. The van der Waals surface area contributed by atoms with Crippen molar-refractivity contribution in [1.82, 2.24) is 5.32 Å². The minimum absolute atomic E-state index is 0.143. The van der Waals surface area contributed by atoms with E-state index in [4.69, 9.17) is 11.6 Å². The van der Waals surface area contributed by atoms with Crippen molar-refractivity contribution in [3.8, 4) is 0 Å². The van der Waals surface area contributed by atoms with E-state index in [0.29, 0.717) is 0 Å². The Morgan fingerprint density at radius 2 is 1.95 bits per heavy atom. The molecule has 0 bridgehead atoms. The third kappa shape index (κ3) is 8.44. The van der Waals surface area contributed by atoms with E-state index in [1.54, 1.807) is 12.4 Å². The van der Waals surface area contributed by atoms with Gasteiger partial charge in [0, 0.05) is 11.2 Å². The summed E-state index contributed by atoms with van der Waals surface area (Å²) >= 11 is 5.88. The maximum Gasteiger partial charge on any atom is 0.0870 e. The lowest BCUT2D eigenvalue weighted by Gasteiger charge is -2.17. The van der Waals surface area contributed by atoms with Gasteiger partial charge in [-0.1, -0.05) is 58.0 Å². The van der Waals surface area contributed by atoms with Gasteiger partial charge in [-0.15, -0.1) is 0 Å². The summed E-state index contributed by atoms with van der Waals surface area (Å²) in [6.07, 6.45) is 9.21. The Morgan fingerprint density at radius 1 is 1.37 bits per heavy atom. The van der Waals surface area contributed by atoms with Gasteiger partial charge >= 0.3 is 0 Å². The molecule has 1 rings (SSSR count). The summed E-state index contributed by atoms with van der Waals surface area (Å²) in [5, 5.41) is 3.72. The molecule has 19 heavy (non-hydrogen) atoms. The van der Waals surface area contributed by atoms with Crippen LogP contribution in [0.3, 0.4) is 0 Å². The summed E-state index contributed by atoms with van der Waals surface area (Å²) in [7, 11) is 0. The highest BCUT2D eigenvalue weighted by Gasteiger charge is 2.12. The first-order valence-corrected chi connectivity index (χ1v) is 7.17. The summed E-state index contributed by atoms with van der Waals surface area (Å²) in [5.74, 6) is 0. The van der Waals surface area contributed by atoms with Crippen LogP contribution in [-0.4, -0.2) is 12.4 Å². The molecule has 0 fully saturated rings. The standard InChI is InChI=1S/C12H15ClN2.2C2H6/c1-4-5-11(6-9(2)13)12-7-14-8-15-10(12)3;2*1-2/h4-8,10H,1H2,2-3H3,(H,14,15);2*1-2H3/b9-6+,11-5+;;. The Bertz CT molecular complexity index is 359. The molecule has 1 atom stereocenters. The molecule has 0 radical (unpaired) electrons. The van der Waals surface area contributed by atoms with E-state index in [1.807, 2.05) is 59.9 Å². The van der Waals surface area contributed by atoms with Crippen LogP contribution in [-0.2, 0) is 0 Å². The third-order valence-corrected chi connectivity index (χ3v) is 2.16. The monoisotopic (exact) mass is 282 g/mol. The van der Waals surface area contributed by atoms with Crippen LogP contribution in [0.15, 0.2) is 52.2 Å². The van der Waals surface area contributed by atoms with Crippen LogP contribution in [0.5, 0.6) is 0 Å². The third-order valence-electron chi connectivity index (χ3n) is 2.05. The SMILES string of the molecule is C=C/C=C(\C=C(/C)Cl)C1=CNC=NC1C.CC.CC. The summed E-state index contributed by atoms with van der Waals surface area (Å²) in [6.45, 7) is 15.6. The average molecular weight is 283 g/mol. The Kier molecular flexibility index (Phi) is 13.9. The van der Waals surface area contributed by atoms with Crippen LogP contribution < -0.4 is 5.32 Å². The molecule has 0 aromatic rings. The molecule has 2 nitrogen and oxygen atoms in total. The van der Waals surface area contributed by atoms with Gasteiger partial charge in [-0.05, 0) is 31.1 Å². The zero-order valence-electron chi connectivity index (χ0n) is 13.0. The van der Waals surface area contributed by atoms with E-state index >= 15 is 0 Å². The van der Waals surface area contributed by atoms with E-state index < -0.39 is 0 Å². The summed E-state index contributed by atoms with van der Waals surface area (Å²) < 4.78 is 0. The lowest BCUT2D eigenvalue weighted by molar-refractivity contribution is 0.847. The molecule has 1 N–H and O–H groups in total. The lowest BCUT2D eigenvalue weighted by atomic mass is 9.99. The fourth-order valence-corrected chi connectivity index (χ4v) is 1.49. The number of nitrogens with one attached hydrogen (secondary N) is 1. The molecule has 1 heterocycles. The van der Waals surface area contributed by atoms with Crippen molar-refractivity contribution < 1.29 is 0 Å². The molecule has 0 saturated heterocycles. The minimum atomic E-state index is 0.143. The number of aliphatic imine (C=N–C) groups is 1. The van der Waals surface area contributed by atoms with E-state index in [-0.39, 0.29) is 6.04 Å². The second kappa shape index (κ2) is 13.2. The number of halogens is 1. The van der Waals surface area contributed by atoms with Gasteiger partial charge in [-0.3, -0.25) is 4.99 Å². The quantitative estimate of drug-likeness (QED) is 0.707. The molecular formula is C16H27ClN2. The van der Waals surface area contributed by atoms with Crippen molar-refractivity contribution in [1.29, 1.82) is 0 Å². The maximum atomic E-state index is 5.88. The Labute approximate surface area is 123 Å². The average Bonchev–Trinajstić information content (AvgIpc) is 2.43. The number of rotatable bonds is 3. The molecule has 0 amide bonds. The topological polar surface area (TPSA) is 24.4 Å². The van der Waals surface area contributed by atoms with E-state index in [9.17, 15) is 0 Å². The largest absolute Gasteiger partial charge is 0.353 e. The van der Waals surface area contributed by atoms with Crippen molar-refractivity contribution in [3.05, 3.63) is 47.2 Å². The van der Waals surface area contributed by atoms with Gasteiger partial charge in [0.2, 0.25) is 0 Å². The van der Waals surface area contributed by atoms with E-state index in [2.05, 4.69) is 16.9 Å². The molecule has 3 heteroatoms. The van der Waals surface area contributed by atoms with Crippen LogP contribution in [0.2, 0.25) is 0 Å². The van der Waals surface area contributed by atoms with Crippen molar-refractivity contribution in [3.63, 3.8) is 0 Å². The second-order valence-electron chi connectivity index (χ2n) is 3.31. The molecule has 0 spiro atoms. The Morgan fingerprint density at radius 3 is 2.37 bits per heavy atom. The lowest BCUT2D eigenvalue weighted by Crippen LogP contribution is -2.17. The van der Waals surface area contributed by atoms with Gasteiger partial charge in [0.15, 0.2) is 0 Å². The highest BCUT2D eigenvalue weighted by atomic mass is 35.5. The normalized spacial score (nSPS) is 18.1. The predicted molar refractivity (Wildman–Crippen MR) is 89.8 cm³/mol. The van der Waals surface area contributed by atoms with Crippen LogP contribution in [0.1, 0.15) is 41.5 Å². The van der Waals surface area contributed by atoms with Gasteiger partial charge < -0.3 is 5.32 Å². The Hall–Kier alpha value is -1.28.